The summed E-state index contributed by atoms with van der Waals surface area (Å²) in [4.78, 5) is 0. The summed E-state index contributed by atoms with van der Waals surface area (Å²) in [5, 5.41) is 9.04. The number of ether oxygens (including phenoxy) is 1. The van der Waals surface area contributed by atoms with Gasteiger partial charge in [0.25, 0.3) is 0 Å². The van der Waals surface area contributed by atoms with Gasteiger partial charge in [0.2, 0.25) is 0 Å². The van der Waals surface area contributed by atoms with Gasteiger partial charge in [-0.1, -0.05) is 19.4 Å². The Morgan fingerprint density at radius 2 is 2.17 bits per heavy atom. The normalized spacial score (nSPS) is 15.6. The van der Waals surface area contributed by atoms with Gasteiger partial charge in [-0.25, -0.2) is 0 Å². The zero-order chi connectivity index (χ0) is 9.45. The van der Waals surface area contributed by atoms with Crippen molar-refractivity contribution in [2.24, 2.45) is 5.41 Å². The SMILES string of the molecule is C=CC(C)(CO)CCCCOC. The average Bonchev–Trinajstić information content (AvgIpc) is 2.12. The lowest BCUT2D eigenvalue weighted by molar-refractivity contribution is 0.159. The maximum Gasteiger partial charge on any atom is 0.0519 e. The molecule has 72 valence electrons. The molecule has 0 bridgehead atoms. The van der Waals surface area contributed by atoms with E-state index in [2.05, 4.69) is 6.58 Å². The van der Waals surface area contributed by atoms with E-state index < -0.39 is 0 Å². The van der Waals surface area contributed by atoms with Crippen LogP contribution in [0, 0.1) is 5.41 Å². The highest BCUT2D eigenvalue weighted by molar-refractivity contribution is 4.90. The van der Waals surface area contributed by atoms with Gasteiger partial charge in [-0.3, -0.25) is 0 Å². The quantitative estimate of drug-likeness (QED) is 0.470. The lowest BCUT2D eigenvalue weighted by Crippen LogP contribution is -2.17. The predicted molar refractivity (Wildman–Crippen MR) is 51.1 cm³/mol. The Morgan fingerprint density at radius 1 is 1.50 bits per heavy atom. The van der Waals surface area contributed by atoms with Crippen molar-refractivity contribution < 1.29 is 9.84 Å². The van der Waals surface area contributed by atoms with Crippen molar-refractivity contribution in [3.05, 3.63) is 12.7 Å². The largest absolute Gasteiger partial charge is 0.395 e. The molecule has 0 heterocycles. The Bertz CT molecular complexity index is 123. The Morgan fingerprint density at radius 3 is 2.58 bits per heavy atom. The van der Waals surface area contributed by atoms with Crippen LogP contribution in [-0.2, 0) is 4.74 Å². The molecule has 0 spiro atoms. The molecule has 0 rings (SSSR count). The summed E-state index contributed by atoms with van der Waals surface area (Å²) in [5.41, 5.74) is -0.103. The van der Waals surface area contributed by atoms with Crippen molar-refractivity contribution in [2.75, 3.05) is 20.3 Å². The molecule has 2 nitrogen and oxygen atoms in total. The first kappa shape index (κ1) is 11.7. The number of unbranched alkanes of at least 4 members (excludes halogenated alkanes) is 1. The van der Waals surface area contributed by atoms with Gasteiger partial charge in [-0.15, -0.1) is 6.58 Å². The van der Waals surface area contributed by atoms with Crippen LogP contribution >= 0.6 is 0 Å². The molecule has 0 fully saturated rings. The molecule has 1 atom stereocenters. The number of rotatable bonds is 7. The minimum atomic E-state index is -0.103. The maximum absolute atomic E-state index is 9.04. The topological polar surface area (TPSA) is 29.5 Å². The Labute approximate surface area is 75.2 Å². The third-order valence-electron chi connectivity index (χ3n) is 2.20. The van der Waals surface area contributed by atoms with E-state index in [1.165, 1.54) is 0 Å². The van der Waals surface area contributed by atoms with Crippen LogP contribution in [0.3, 0.4) is 0 Å². The van der Waals surface area contributed by atoms with E-state index in [0.29, 0.717) is 0 Å². The molecule has 0 aromatic rings. The standard InChI is InChI=1S/C10H20O2/c1-4-10(2,9-11)7-5-6-8-12-3/h4,11H,1,5-9H2,2-3H3. The summed E-state index contributed by atoms with van der Waals surface area (Å²) in [6.07, 6.45) is 4.95. The van der Waals surface area contributed by atoms with E-state index in [9.17, 15) is 0 Å². The van der Waals surface area contributed by atoms with Crippen LogP contribution in [0.4, 0.5) is 0 Å². The molecule has 2 heteroatoms. The van der Waals surface area contributed by atoms with E-state index in [4.69, 9.17) is 9.84 Å². The van der Waals surface area contributed by atoms with Gasteiger partial charge in [0.1, 0.15) is 0 Å². The monoisotopic (exact) mass is 172 g/mol. The van der Waals surface area contributed by atoms with Gasteiger partial charge in [-0.2, -0.15) is 0 Å². The third kappa shape index (κ3) is 4.52. The smallest absolute Gasteiger partial charge is 0.0519 e. The van der Waals surface area contributed by atoms with Gasteiger partial charge >= 0.3 is 0 Å². The first-order valence-corrected chi connectivity index (χ1v) is 4.42. The van der Waals surface area contributed by atoms with Gasteiger partial charge in [-0.05, 0) is 12.8 Å². The van der Waals surface area contributed by atoms with Gasteiger partial charge < -0.3 is 9.84 Å². The van der Waals surface area contributed by atoms with Crippen LogP contribution < -0.4 is 0 Å². The molecule has 0 radical (unpaired) electrons. The number of hydrogen-bond acceptors (Lipinski definition) is 2. The fourth-order valence-corrected chi connectivity index (χ4v) is 1.02. The maximum atomic E-state index is 9.04. The number of aliphatic hydroxyl groups is 1. The molecule has 0 aromatic heterocycles. The Hall–Kier alpha value is -0.340. The highest BCUT2D eigenvalue weighted by atomic mass is 16.5. The van der Waals surface area contributed by atoms with Crippen molar-refractivity contribution >= 4 is 0 Å². The third-order valence-corrected chi connectivity index (χ3v) is 2.20. The second-order valence-electron chi connectivity index (χ2n) is 3.47. The summed E-state index contributed by atoms with van der Waals surface area (Å²) in [6.45, 7) is 6.72. The van der Waals surface area contributed by atoms with E-state index in [1.54, 1.807) is 7.11 Å². The molecular formula is C10H20O2. The van der Waals surface area contributed by atoms with Crippen molar-refractivity contribution in [1.29, 1.82) is 0 Å². The summed E-state index contributed by atoms with van der Waals surface area (Å²) < 4.78 is 4.94. The van der Waals surface area contributed by atoms with E-state index in [-0.39, 0.29) is 12.0 Å². The molecule has 0 saturated carbocycles. The van der Waals surface area contributed by atoms with Gasteiger partial charge in [0, 0.05) is 19.1 Å². The lowest BCUT2D eigenvalue weighted by atomic mass is 9.86. The minimum absolute atomic E-state index is 0.103. The van der Waals surface area contributed by atoms with Crippen molar-refractivity contribution in [3.8, 4) is 0 Å². The minimum Gasteiger partial charge on any atom is -0.395 e. The molecule has 0 aliphatic carbocycles. The molecule has 1 unspecified atom stereocenters. The van der Waals surface area contributed by atoms with E-state index >= 15 is 0 Å². The molecule has 1 N–H and O–H groups in total. The van der Waals surface area contributed by atoms with Crippen LogP contribution in [0.5, 0.6) is 0 Å². The zero-order valence-electron chi connectivity index (χ0n) is 8.18. The number of aliphatic hydroxyl groups excluding tert-OH is 1. The highest BCUT2D eigenvalue weighted by Crippen LogP contribution is 2.24. The van der Waals surface area contributed by atoms with Crippen molar-refractivity contribution in [2.45, 2.75) is 26.2 Å². The molecule has 0 aliphatic heterocycles. The number of hydrogen-bond donors (Lipinski definition) is 1. The second kappa shape index (κ2) is 6.21. The van der Waals surface area contributed by atoms with Gasteiger partial charge in [0.15, 0.2) is 0 Å². The molecule has 0 amide bonds. The number of methoxy groups -OCH3 is 1. The summed E-state index contributed by atoms with van der Waals surface area (Å²) >= 11 is 0. The summed E-state index contributed by atoms with van der Waals surface area (Å²) in [5.74, 6) is 0. The van der Waals surface area contributed by atoms with Crippen molar-refractivity contribution in [1.82, 2.24) is 0 Å². The summed E-state index contributed by atoms with van der Waals surface area (Å²) in [6, 6.07) is 0. The second-order valence-corrected chi connectivity index (χ2v) is 3.47. The fourth-order valence-electron chi connectivity index (χ4n) is 1.02. The molecule has 12 heavy (non-hydrogen) atoms. The Kier molecular flexibility index (Phi) is 6.03. The molecule has 0 aromatic carbocycles. The summed E-state index contributed by atoms with van der Waals surface area (Å²) in [7, 11) is 1.71. The first-order chi connectivity index (χ1) is 5.68. The van der Waals surface area contributed by atoms with Crippen molar-refractivity contribution in [3.63, 3.8) is 0 Å². The first-order valence-electron chi connectivity index (χ1n) is 4.42. The van der Waals surface area contributed by atoms with Crippen LogP contribution in [0.1, 0.15) is 26.2 Å². The lowest BCUT2D eigenvalue weighted by Gasteiger charge is -2.22. The zero-order valence-corrected chi connectivity index (χ0v) is 8.18. The highest BCUT2D eigenvalue weighted by Gasteiger charge is 2.17. The molecular weight excluding hydrogens is 152 g/mol. The van der Waals surface area contributed by atoms with E-state index in [0.717, 1.165) is 25.9 Å². The molecule has 0 saturated heterocycles. The Balaban J connectivity index is 3.51. The average molecular weight is 172 g/mol. The fraction of sp³-hybridized carbons (Fsp3) is 0.800. The van der Waals surface area contributed by atoms with Crippen LogP contribution in [0.2, 0.25) is 0 Å². The van der Waals surface area contributed by atoms with Crippen LogP contribution in [0.25, 0.3) is 0 Å². The van der Waals surface area contributed by atoms with Crippen LogP contribution in [-0.4, -0.2) is 25.4 Å². The van der Waals surface area contributed by atoms with Gasteiger partial charge in [0.05, 0.1) is 6.61 Å². The van der Waals surface area contributed by atoms with Crippen LogP contribution in [0.15, 0.2) is 12.7 Å². The molecule has 0 aliphatic rings. The van der Waals surface area contributed by atoms with E-state index in [1.807, 2.05) is 13.0 Å². The predicted octanol–water partition coefficient (Wildman–Crippen LogP) is 1.99.